The van der Waals surface area contributed by atoms with Gasteiger partial charge in [0.05, 0.1) is 12.6 Å². The van der Waals surface area contributed by atoms with Crippen LogP contribution in [0.2, 0.25) is 0 Å². The molecule has 0 spiro atoms. The van der Waals surface area contributed by atoms with E-state index >= 15 is 0 Å². The van der Waals surface area contributed by atoms with E-state index < -0.39 is 0 Å². The van der Waals surface area contributed by atoms with Gasteiger partial charge in [0, 0.05) is 0 Å². The Bertz CT molecular complexity index is 213. The molecular weight excluding hydrogens is 166 g/mol. The van der Waals surface area contributed by atoms with E-state index in [2.05, 4.69) is 4.99 Å². The van der Waals surface area contributed by atoms with Gasteiger partial charge in [-0.2, -0.15) is 4.99 Å². The molecular formula is C10H15NO2. The molecule has 2 aliphatic rings. The van der Waals surface area contributed by atoms with Crippen LogP contribution in [0.15, 0.2) is 4.99 Å². The first-order valence-corrected chi connectivity index (χ1v) is 5.10. The second-order valence-corrected chi connectivity index (χ2v) is 3.98. The van der Waals surface area contributed by atoms with Crippen molar-refractivity contribution >= 4 is 6.08 Å². The summed E-state index contributed by atoms with van der Waals surface area (Å²) >= 11 is 0. The Labute approximate surface area is 78.2 Å². The lowest BCUT2D eigenvalue weighted by molar-refractivity contribution is 0.257. The highest BCUT2D eigenvalue weighted by atomic mass is 16.6. The summed E-state index contributed by atoms with van der Waals surface area (Å²) in [6.07, 6.45) is 8.21. The third-order valence-electron chi connectivity index (χ3n) is 3.07. The number of ether oxygens (including phenoxy) is 1. The number of epoxide rings is 1. The van der Waals surface area contributed by atoms with Crippen LogP contribution in [0.5, 0.6) is 0 Å². The summed E-state index contributed by atoms with van der Waals surface area (Å²) in [6, 6.07) is 0.109. The molecule has 2 unspecified atom stereocenters. The van der Waals surface area contributed by atoms with Crippen molar-refractivity contribution in [1.29, 1.82) is 0 Å². The number of carbonyl (C=O) groups excluding carboxylic acids is 1. The zero-order valence-electron chi connectivity index (χ0n) is 7.74. The minimum absolute atomic E-state index is 0.109. The Morgan fingerprint density at radius 1 is 1.31 bits per heavy atom. The number of isocyanates is 1. The molecule has 0 amide bonds. The summed E-state index contributed by atoms with van der Waals surface area (Å²) < 4.78 is 5.20. The summed E-state index contributed by atoms with van der Waals surface area (Å²) in [7, 11) is 0. The van der Waals surface area contributed by atoms with Gasteiger partial charge >= 0.3 is 0 Å². The maximum atomic E-state index is 10.2. The number of hydrogen-bond donors (Lipinski definition) is 0. The molecule has 3 heteroatoms. The molecule has 2 rings (SSSR count). The molecule has 1 saturated heterocycles. The Hall–Kier alpha value is -0.660. The van der Waals surface area contributed by atoms with Gasteiger partial charge in [-0.05, 0) is 18.8 Å². The molecule has 2 atom stereocenters. The number of nitrogens with zero attached hydrogens (tertiary/aromatic N) is 1. The second kappa shape index (κ2) is 4.03. The van der Waals surface area contributed by atoms with Crippen molar-refractivity contribution in [3.8, 4) is 0 Å². The normalized spacial score (nSPS) is 30.6. The summed E-state index contributed by atoms with van der Waals surface area (Å²) in [4.78, 5) is 14.1. The first-order chi connectivity index (χ1) is 6.42. The van der Waals surface area contributed by atoms with Gasteiger partial charge in [0.1, 0.15) is 6.10 Å². The van der Waals surface area contributed by atoms with E-state index in [-0.39, 0.29) is 12.1 Å². The molecule has 2 fully saturated rings. The number of rotatable bonds is 3. The van der Waals surface area contributed by atoms with Crippen LogP contribution in [0.1, 0.15) is 32.1 Å². The van der Waals surface area contributed by atoms with Crippen LogP contribution in [0.25, 0.3) is 0 Å². The smallest absolute Gasteiger partial charge is 0.235 e. The van der Waals surface area contributed by atoms with E-state index in [0.29, 0.717) is 5.92 Å². The number of hydrogen-bond acceptors (Lipinski definition) is 3. The minimum atomic E-state index is 0.109. The predicted molar refractivity (Wildman–Crippen MR) is 48.2 cm³/mol. The van der Waals surface area contributed by atoms with Crippen LogP contribution in [0.4, 0.5) is 0 Å². The minimum Gasteiger partial charge on any atom is -0.371 e. The van der Waals surface area contributed by atoms with Gasteiger partial charge in [-0.3, -0.25) is 0 Å². The first-order valence-electron chi connectivity index (χ1n) is 5.10. The van der Waals surface area contributed by atoms with Crippen LogP contribution < -0.4 is 0 Å². The molecule has 1 aliphatic heterocycles. The molecule has 1 saturated carbocycles. The summed E-state index contributed by atoms with van der Waals surface area (Å²) in [5, 5.41) is 0. The number of aliphatic imine (C=N–C) groups is 1. The van der Waals surface area contributed by atoms with Crippen LogP contribution >= 0.6 is 0 Å². The monoisotopic (exact) mass is 181 g/mol. The molecule has 0 aromatic heterocycles. The van der Waals surface area contributed by atoms with Gasteiger partial charge in [0.15, 0.2) is 0 Å². The first kappa shape index (κ1) is 8.92. The fourth-order valence-electron chi connectivity index (χ4n) is 2.28. The van der Waals surface area contributed by atoms with E-state index in [9.17, 15) is 4.79 Å². The Kier molecular flexibility index (Phi) is 2.77. The van der Waals surface area contributed by atoms with Crippen molar-refractivity contribution in [3.63, 3.8) is 0 Å². The topological polar surface area (TPSA) is 42.0 Å². The highest BCUT2D eigenvalue weighted by molar-refractivity contribution is 5.34. The van der Waals surface area contributed by atoms with Crippen LogP contribution in [-0.2, 0) is 9.53 Å². The van der Waals surface area contributed by atoms with Gasteiger partial charge in [-0.25, -0.2) is 4.79 Å². The van der Waals surface area contributed by atoms with Crippen molar-refractivity contribution in [2.75, 3.05) is 6.61 Å². The van der Waals surface area contributed by atoms with Gasteiger partial charge < -0.3 is 4.74 Å². The van der Waals surface area contributed by atoms with Crippen molar-refractivity contribution in [3.05, 3.63) is 0 Å². The van der Waals surface area contributed by atoms with Crippen molar-refractivity contribution in [1.82, 2.24) is 0 Å². The van der Waals surface area contributed by atoms with Crippen molar-refractivity contribution in [2.24, 2.45) is 10.9 Å². The lowest BCUT2D eigenvalue weighted by Gasteiger charge is -2.25. The quantitative estimate of drug-likeness (QED) is 0.377. The third-order valence-corrected chi connectivity index (χ3v) is 3.07. The van der Waals surface area contributed by atoms with E-state index in [1.54, 1.807) is 6.08 Å². The standard InChI is InChI=1S/C10H15NO2/c12-7-11-10(9-6-13-9)8-4-2-1-3-5-8/h8-10H,1-6H2. The maximum Gasteiger partial charge on any atom is 0.235 e. The summed E-state index contributed by atoms with van der Waals surface area (Å²) in [5.74, 6) is 0.572. The molecule has 72 valence electrons. The summed E-state index contributed by atoms with van der Waals surface area (Å²) in [6.45, 7) is 0.784. The van der Waals surface area contributed by atoms with Crippen molar-refractivity contribution in [2.45, 2.75) is 44.2 Å². The predicted octanol–water partition coefficient (Wildman–Crippen LogP) is 1.67. The molecule has 0 bridgehead atoms. The molecule has 0 aromatic rings. The van der Waals surface area contributed by atoms with Crippen LogP contribution in [0, 0.1) is 5.92 Å². The van der Waals surface area contributed by atoms with E-state index in [4.69, 9.17) is 4.74 Å². The average Bonchev–Trinajstić information content (AvgIpc) is 2.99. The molecule has 3 nitrogen and oxygen atoms in total. The molecule has 1 aliphatic carbocycles. The third kappa shape index (κ3) is 2.17. The fourth-order valence-corrected chi connectivity index (χ4v) is 2.28. The van der Waals surface area contributed by atoms with E-state index in [1.807, 2.05) is 0 Å². The SMILES string of the molecule is O=C=NC(C1CCCCC1)C1CO1. The van der Waals surface area contributed by atoms with Gasteiger partial charge in [0.25, 0.3) is 0 Å². The van der Waals surface area contributed by atoms with Crippen LogP contribution in [-0.4, -0.2) is 24.8 Å². The largest absolute Gasteiger partial charge is 0.371 e. The zero-order chi connectivity index (χ0) is 9.10. The molecule has 13 heavy (non-hydrogen) atoms. The second-order valence-electron chi connectivity index (χ2n) is 3.98. The molecule has 0 aromatic carbocycles. The summed E-state index contributed by atoms with van der Waals surface area (Å²) in [5.41, 5.74) is 0. The highest BCUT2D eigenvalue weighted by Crippen LogP contribution is 2.33. The van der Waals surface area contributed by atoms with Gasteiger partial charge in [-0.15, -0.1) is 0 Å². The molecule has 1 heterocycles. The van der Waals surface area contributed by atoms with Gasteiger partial charge in [-0.1, -0.05) is 19.3 Å². The van der Waals surface area contributed by atoms with Crippen molar-refractivity contribution < 1.29 is 9.53 Å². The van der Waals surface area contributed by atoms with E-state index in [0.717, 1.165) is 6.61 Å². The van der Waals surface area contributed by atoms with E-state index in [1.165, 1.54) is 32.1 Å². The van der Waals surface area contributed by atoms with Crippen LogP contribution in [0.3, 0.4) is 0 Å². The fraction of sp³-hybridized carbons (Fsp3) is 0.900. The molecule has 0 radical (unpaired) electrons. The Morgan fingerprint density at radius 2 is 2.00 bits per heavy atom. The highest BCUT2D eigenvalue weighted by Gasteiger charge is 2.38. The Balaban J connectivity index is 1.96. The van der Waals surface area contributed by atoms with Gasteiger partial charge in [0.2, 0.25) is 6.08 Å². The Morgan fingerprint density at radius 3 is 2.54 bits per heavy atom. The zero-order valence-corrected chi connectivity index (χ0v) is 7.74. The molecule has 0 N–H and O–H groups in total. The lowest BCUT2D eigenvalue weighted by atomic mass is 9.83. The maximum absolute atomic E-state index is 10.2. The lowest BCUT2D eigenvalue weighted by Crippen LogP contribution is -2.26. The average molecular weight is 181 g/mol.